The molecule has 0 spiro atoms. The molecule has 16 heteroatoms. The highest BCUT2D eigenvalue weighted by Gasteiger charge is 2.42. The number of nitrogens with zero attached hydrogens (tertiary/aromatic N) is 4. The van der Waals surface area contributed by atoms with Crippen molar-refractivity contribution in [2.75, 3.05) is 54.1 Å². The van der Waals surface area contributed by atoms with Crippen LogP contribution in [0.1, 0.15) is 57.8 Å². The average molecular weight is 890 g/mol. The topological polar surface area (TPSA) is 161 Å². The van der Waals surface area contributed by atoms with E-state index in [4.69, 9.17) is 52.6 Å². The van der Waals surface area contributed by atoms with Crippen LogP contribution in [0.25, 0.3) is 11.0 Å². The Labute approximate surface area is 368 Å². The van der Waals surface area contributed by atoms with Gasteiger partial charge in [-0.15, -0.1) is 0 Å². The number of carboxylic acid groups (broad SMARTS) is 2. The highest BCUT2D eigenvalue weighted by Crippen LogP contribution is 2.43. The zero-order valence-corrected chi connectivity index (χ0v) is 36.0. The summed E-state index contributed by atoms with van der Waals surface area (Å²) in [4.78, 5) is 56.3. The first kappa shape index (κ1) is 45.6. The zero-order chi connectivity index (χ0) is 44.6. The number of aliphatic carboxylic acids is 2. The fourth-order valence-corrected chi connectivity index (χ4v) is 8.45. The summed E-state index contributed by atoms with van der Waals surface area (Å²) in [5.41, 5.74) is 3.68. The summed E-state index contributed by atoms with van der Waals surface area (Å²) < 4.78 is 32.1. The number of piperidine rings is 1. The number of ketones is 1. The molecule has 1 aromatic heterocycles. The highest BCUT2D eigenvalue weighted by molar-refractivity contribution is 6.42. The minimum absolute atomic E-state index is 0.0389. The number of carboxylic acids is 2. The number of ether oxygens (including phenoxy) is 3. The van der Waals surface area contributed by atoms with E-state index < -0.39 is 11.9 Å². The van der Waals surface area contributed by atoms with Crippen molar-refractivity contribution in [3.05, 3.63) is 129 Å². The van der Waals surface area contributed by atoms with Crippen LogP contribution in [-0.2, 0) is 21.5 Å². The van der Waals surface area contributed by atoms with E-state index in [2.05, 4.69) is 4.90 Å². The number of hydrogen-bond donors (Lipinski definition) is 2. The van der Waals surface area contributed by atoms with Crippen molar-refractivity contribution in [3.8, 4) is 17.2 Å². The summed E-state index contributed by atoms with van der Waals surface area (Å²) in [5, 5.41) is 16.6. The summed E-state index contributed by atoms with van der Waals surface area (Å²) >= 11 is 12.9. The molecule has 13 nitrogen and oxygen atoms in total. The van der Waals surface area contributed by atoms with Crippen LogP contribution in [-0.4, -0.2) is 107 Å². The molecule has 0 radical (unpaired) electrons. The molecular formula is C46H47Cl2FN4O9. The summed E-state index contributed by atoms with van der Waals surface area (Å²) in [6.45, 7) is 3.80. The molecule has 1 atom stereocenters. The maximum absolute atomic E-state index is 14.1. The molecule has 1 amide bonds. The third-order valence-electron chi connectivity index (χ3n) is 11.4. The molecule has 2 saturated heterocycles. The van der Waals surface area contributed by atoms with Gasteiger partial charge in [-0.2, -0.15) is 0 Å². The van der Waals surface area contributed by atoms with E-state index in [1.165, 1.54) is 33.5 Å². The second-order valence-electron chi connectivity index (χ2n) is 15.2. The normalized spacial score (nSPS) is 16.8. The van der Waals surface area contributed by atoms with E-state index in [0.717, 1.165) is 54.6 Å². The SMILES string of the molecule is COc1cc(C(=O)N2CCC(CCN3CCC(C(=O)c4nc5ccccc5n4Cc4ccc(F)cc4)CC3)(c3ccc(Cl)c(Cl)c3)C2)cc(OC)c1OC.O=C(O)C=CC(=O)O. The first-order chi connectivity index (χ1) is 29.7. The highest BCUT2D eigenvalue weighted by atomic mass is 35.5. The number of hydrogen-bond acceptors (Lipinski definition) is 9. The Morgan fingerprint density at radius 1 is 0.839 bits per heavy atom. The second kappa shape index (κ2) is 20.3. The molecule has 1 unspecified atom stereocenters. The van der Waals surface area contributed by atoms with E-state index in [1.807, 2.05) is 51.9 Å². The van der Waals surface area contributed by atoms with Crippen molar-refractivity contribution < 1.29 is 48.0 Å². The van der Waals surface area contributed by atoms with E-state index >= 15 is 0 Å². The summed E-state index contributed by atoms with van der Waals surface area (Å²) in [6.07, 6.45) is 4.08. The van der Waals surface area contributed by atoms with E-state index in [-0.39, 0.29) is 28.8 Å². The fourth-order valence-electron chi connectivity index (χ4n) is 8.16. The largest absolute Gasteiger partial charge is 0.493 e. The lowest BCUT2D eigenvalue weighted by molar-refractivity contribution is -0.134. The molecular weight excluding hydrogens is 842 g/mol. The van der Waals surface area contributed by atoms with Crippen LogP contribution in [0, 0.1) is 11.7 Å². The molecule has 5 aromatic rings. The molecule has 3 heterocycles. The molecule has 326 valence electrons. The Kier molecular flexibility index (Phi) is 14.9. The lowest BCUT2D eigenvalue weighted by Crippen LogP contribution is -2.41. The first-order valence-corrected chi connectivity index (χ1v) is 20.7. The van der Waals surface area contributed by atoms with Crippen molar-refractivity contribution in [3.63, 3.8) is 0 Å². The van der Waals surface area contributed by atoms with Gasteiger partial charge < -0.3 is 38.8 Å². The Bertz CT molecular complexity index is 2430. The number of carbonyl (C=O) groups excluding carboxylic acids is 2. The van der Waals surface area contributed by atoms with Crippen molar-refractivity contribution in [2.45, 2.75) is 37.6 Å². The van der Waals surface area contributed by atoms with Crippen LogP contribution in [0.5, 0.6) is 17.2 Å². The van der Waals surface area contributed by atoms with E-state index in [1.54, 1.807) is 24.3 Å². The average Bonchev–Trinajstić information content (AvgIpc) is 3.88. The van der Waals surface area contributed by atoms with Gasteiger partial charge in [-0.3, -0.25) is 9.59 Å². The monoisotopic (exact) mass is 888 g/mol. The van der Waals surface area contributed by atoms with Gasteiger partial charge in [0.1, 0.15) is 5.82 Å². The number of aromatic nitrogens is 2. The van der Waals surface area contributed by atoms with Crippen LogP contribution in [0.4, 0.5) is 4.39 Å². The number of imidazole rings is 1. The third-order valence-corrected chi connectivity index (χ3v) is 12.2. The van der Waals surface area contributed by atoms with Crippen LogP contribution >= 0.6 is 23.2 Å². The Morgan fingerprint density at radius 2 is 1.48 bits per heavy atom. The summed E-state index contributed by atoms with van der Waals surface area (Å²) in [7, 11) is 4.59. The smallest absolute Gasteiger partial charge is 0.328 e. The molecule has 2 aliphatic rings. The molecule has 2 N–H and O–H groups in total. The molecule has 2 aliphatic heterocycles. The van der Waals surface area contributed by atoms with Gasteiger partial charge in [0, 0.05) is 48.7 Å². The number of amides is 1. The minimum Gasteiger partial charge on any atom is -0.493 e. The number of halogens is 3. The lowest BCUT2D eigenvalue weighted by atomic mass is 9.76. The van der Waals surface area contributed by atoms with Gasteiger partial charge >= 0.3 is 11.9 Å². The van der Waals surface area contributed by atoms with Crippen LogP contribution < -0.4 is 14.2 Å². The Morgan fingerprint density at radius 3 is 2.08 bits per heavy atom. The summed E-state index contributed by atoms with van der Waals surface area (Å²) in [5.74, 6) is -1.35. The Balaban J connectivity index is 0.000000730. The minimum atomic E-state index is -1.26. The number of Topliss-reactive ketones (excluding diaryl/α,β-unsaturated/α-hetero) is 1. The van der Waals surface area contributed by atoms with Crippen molar-refractivity contribution in [2.24, 2.45) is 5.92 Å². The van der Waals surface area contributed by atoms with Crippen molar-refractivity contribution in [1.82, 2.24) is 19.4 Å². The van der Waals surface area contributed by atoms with Gasteiger partial charge in [0.05, 0.1) is 42.4 Å². The number of rotatable bonds is 14. The standard InChI is InChI=1S/C42H43Cl2FN4O5.C4H4O4/c1-52-36-22-29(23-37(53-2)39(36)54-3)41(51)48-21-17-42(26-48,30-10-13-32(43)33(44)24-30)16-20-47-18-14-28(15-19-47)38(50)40-46-34-6-4-5-7-35(34)49(40)25-27-8-11-31(45)12-9-27;5-3(6)1-2-4(7)8/h4-13,22-24,28H,14-21,25-26H2,1-3H3;1-2H,(H,5,6)(H,7,8). The third kappa shape index (κ3) is 10.6. The number of methoxy groups -OCH3 is 3. The second-order valence-corrected chi connectivity index (χ2v) is 16.0. The zero-order valence-electron chi connectivity index (χ0n) is 34.5. The van der Waals surface area contributed by atoms with E-state index in [0.29, 0.717) is 83.3 Å². The molecule has 62 heavy (non-hydrogen) atoms. The van der Waals surface area contributed by atoms with Crippen LogP contribution in [0.15, 0.2) is 91.0 Å². The van der Waals surface area contributed by atoms with Gasteiger partial charge in [0.2, 0.25) is 11.5 Å². The maximum atomic E-state index is 14.1. The number of benzene rings is 4. The molecule has 0 aliphatic carbocycles. The van der Waals surface area contributed by atoms with Crippen molar-refractivity contribution in [1.29, 1.82) is 0 Å². The number of likely N-dealkylation sites (tertiary alicyclic amines) is 2. The number of fused-ring (bicyclic) bond motifs is 1. The van der Waals surface area contributed by atoms with Crippen LogP contribution in [0.3, 0.4) is 0 Å². The first-order valence-electron chi connectivity index (χ1n) is 19.9. The molecule has 0 saturated carbocycles. The number of carbonyl (C=O) groups is 4. The van der Waals surface area contributed by atoms with Gasteiger partial charge in [-0.1, -0.05) is 53.5 Å². The quantitative estimate of drug-likeness (QED) is 0.0821. The fraction of sp³-hybridized carbons (Fsp3) is 0.326. The summed E-state index contributed by atoms with van der Waals surface area (Å²) in [6, 6.07) is 23.3. The molecule has 4 aromatic carbocycles. The van der Waals surface area contributed by atoms with Gasteiger partial charge in [-0.05, 0) is 105 Å². The maximum Gasteiger partial charge on any atom is 0.328 e. The number of para-hydroxylation sites is 2. The van der Waals surface area contributed by atoms with Gasteiger partial charge in [-0.25, -0.2) is 19.0 Å². The van der Waals surface area contributed by atoms with Gasteiger partial charge in [0.15, 0.2) is 17.3 Å². The molecule has 0 bridgehead atoms. The van der Waals surface area contributed by atoms with E-state index in [9.17, 15) is 23.6 Å². The molecule has 7 rings (SSSR count). The lowest BCUT2D eigenvalue weighted by Gasteiger charge is -2.36. The predicted molar refractivity (Wildman–Crippen MR) is 233 cm³/mol. The Hall–Kier alpha value is -5.96. The van der Waals surface area contributed by atoms with Crippen molar-refractivity contribution >= 4 is 57.9 Å². The van der Waals surface area contributed by atoms with Crippen LogP contribution in [0.2, 0.25) is 10.0 Å². The predicted octanol–water partition coefficient (Wildman–Crippen LogP) is 8.04. The van der Waals surface area contributed by atoms with Gasteiger partial charge in [0.25, 0.3) is 5.91 Å². The molecule has 2 fully saturated rings.